The van der Waals surface area contributed by atoms with Crippen molar-refractivity contribution in [3.8, 4) is 0 Å². The Morgan fingerprint density at radius 1 is 1.44 bits per heavy atom. The second-order valence-corrected chi connectivity index (χ2v) is 5.08. The second kappa shape index (κ2) is 3.35. The Balaban J connectivity index is 2.39. The maximum Gasteiger partial charge on any atom is 0.134 e. The predicted molar refractivity (Wildman–Crippen MR) is 70.8 cm³/mol. The number of hydrogen-bond acceptors (Lipinski definition) is 3. The number of anilines is 2. The highest BCUT2D eigenvalue weighted by molar-refractivity contribution is 9.10. The molecule has 0 atom stereocenters. The molecule has 4 heteroatoms. The van der Waals surface area contributed by atoms with E-state index >= 15 is 0 Å². The molecule has 1 aliphatic rings. The number of pyridine rings is 1. The number of fused-ring (bicyclic) bond motifs is 2. The van der Waals surface area contributed by atoms with Crippen molar-refractivity contribution in [2.75, 3.05) is 24.2 Å². The molecule has 0 radical (unpaired) electrons. The van der Waals surface area contributed by atoms with Gasteiger partial charge in [0.2, 0.25) is 0 Å². The van der Waals surface area contributed by atoms with Crippen molar-refractivity contribution in [3.05, 3.63) is 28.2 Å². The minimum atomic E-state index is 0.880. The van der Waals surface area contributed by atoms with Crippen LogP contribution in [0.3, 0.4) is 0 Å². The summed E-state index contributed by atoms with van der Waals surface area (Å²) in [6.45, 7) is 1.00. The van der Waals surface area contributed by atoms with Crippen LogP contribution in [0, 0.1) is 0 Å². The summed E-state index contributed by atoms with van der Waals surface area (Å²) in [6, 6.07) is 6.04. The highest BCUT2D eigenvalue weighted by Crippen LogP contribution is 2.35. The van der Waals surface area contributed by atoms with Crippen LogP contribution in [0.25, 0.3) is 10.9 Å². The standard InChI is InChI=1S/C12H12BrN3/c1-16-5-4-8-11(14)9-6-7(13)2-3-10(9)15-12(8)16/h2-3,6H,4-5H2,1H3,(H2,14,15). The van der Waals surface area contributed by atoms with E-state index in [4.69, 9.17) is 5.73 Å². The third-order valence-corrected chi connectivity index (χ3v) is 3.62. The molecule has 2 N–H and O–H groups in total. The van der Waals surface area contributed by atoms with E-state index in [-0.39, 0.29) is 0 Å². The molecule has 2 heterocycles. The number of rotatable bonds is 0. The average molecular weight is 278 g/mol. The predicted octanol–water partition coefficient (Wildman–Crippen LogP) is 2.57. The van der Waals surface area contributed by atoms with Crippen molar-refractivity contribution < 1.29 is 0 Å². The van der Waals surface area contributed by atoms with Crippen LogP contribution in [0.5, 0.6) is 0 Å². The SMILES string of the molecule is CN1CCc2c1nc1ccc(Br)cc1c2N. The number of benzene rings is 1. The van der Waals surface area contributed by atoms with Crippen molar-refractivity contribution >= 4 is 38.3 Å². The summed E-state index contributed by atoms with van der Waals surface area (Å²) in [5.41, 5.74) is 9.25. The van der Waals surface area contributed by atoms with Crippen LogP contribution in [0.2, 0.25) is 0 Å². The molecule has 16 heavy (non-hydrogen) atoms. The summed E-state index contributed by atoms with van der Waals surface area (Å²) in [6.07, 6.45) is 0.993. The first-order valence-electron chi connectivity index (χ1n) is 5.25. The van der Waals surface area contributed by atoms with Gasteiger partial charge >= 0.3 is 0 Å². The molecule has 2 aromatic rings. The van der Waals surface area contributed by atoms with Gasteiger partial charge in [-0.25, -0.2) is 4.98 Å². The van der Waals surface area contributed by atoms with E-state index in [0.29, 0.717) is 0 Å². The molecular formula is C12H12BrN3. The molecule has 0 saturated carbocycles. The number of nitrogen functional groups attached to an aromatic ring is 1. The molecule has 1 aliphatic heterocycles. The molecule has 1 aromatic carbocycles. The number of likely N-dealkylation sites (N-methyl/N-ethyl adjacent to an activating group) is 1. The van der Waals surface area contributed by atoms with Gasteiger partial charge in [-0.15, -0.1) is 0 Å². The molecular weight excluding hydrogens is 266 g/mol. The van der Waals surface area contributed by atoms with E-state index in [9.17, 15) is 0 Å². The lowest BCUT2D eigenvalue weighted by Crippen LogP contribution is -2.13. The maximum absolute atomic E-state index is 6.21. The summed E-state index contributed by atoms with van der Waals surface area (Å²) >= 11 is 3.47. The van der Waals surface area contributed by atoms with Gasteiger partial charge in [-0.05, 0) is 24.6 Å². The largest absolute Gasteiger partial charge is 0.398 e. The van der Waals surface area contributed by atoms with Crippen LogP contribution >= 0.6 is 15.9 Å². The number of hydrogen-bond donors (Lipinski definition) is 1. The Hall–Kier alpha value is -1.29. The first-order valence-corrected chi connectivity index (χ1v) is 6.05. The second-order valence-electron chi connectivity index (χ2n) is 4.16. The van der Waals surface area contributed by atoms with Crippen LogP contribution in [0.15, 0.2) is 22.7 Å². The van der Waals surface area contributed by atoms with Gasteiger partial charge in [-0.2, -0.15) is 0 Å². The van der Waals surface area contributed by atoms with Crippen molar-refractivity contribution in [2.45, 2.75) is 6.42 Å². The van der Waals surface area contributed by atoms with Gasteiger partial charge in [-0.3, -0.25) is 0 Å². The number of nitrogens with two attached hydrogens (primary N) is 1. The molecule has 0 bridgehead atoms. The fraction of sp³-hybridized carbons (Fsp3) is 0.250. The minimum absolute atomic E-state index is 0.880. The zero-order valence-electron chi connectivity index (χ0n) is 9.00. The Morgan fingerprint density at radius 3 is 3.06 bits per heavy atom. The molecule has 0 spiro atoms. The molecule has 0 aliphatic carbocycles. The van der Waals surface area contributed by atoms with Crippen molar-refractivity contribution in [1.82, 2.24) is 4.98 Å². The van der Waals surface area contributed by atoms with Gasteiger partial charge in [0.25, 0.3) is 0 Å². The summed E-state index contributed by atoms with van der Waals surface area (Å²) in [4.78, 5) is 6.82. The van der Waals surface area contributed by atoms with Crippen LogP contribution in [-0.4, -0.2) is 18.6 Å². The first kappa shape index (κ1) is 9.90. The van der Waals surface area contributed by atoms with E-state index < -0.39 is 0 Å². The normalized spacial score (nSPS) is 14.5. The molecule has 3 nitrogen and oxygen atoms in total. The number of aromatic nitrogens is 1. The van der Waals surface area contributed by atoms with Crippen LogP contribution in [0.4, 0.5) is 11.5 Å². The Morgan fingerprint density at radius 2 is 2.25 bits per heavy atom. The van der Waals surface area contributed by atoms with Gasteiger partial charge in [0, 0.05) is 34.7 Å². The van der Waals surface area contributed by atoms with E-state index in [1.54, 1.807) is 0 Å². The lowest BCUT2D eigenvalue weighted by molar-refractivity contribution is 0.947. The quantitative estimate of drug-likeness (QED) is 0.805. The monoisotopic (exact) mass is 277 g/mol. The first-order chi connectivity index (χ1) is 7.66. The van der Waals surface area contributed by atoms with E-state index in [1.165, 1.54) is 5.56 Å². The van der Waals surface area contributed by atoms with Gasteiger partial charge in [0.05, 0.1) is 5.52 Å². The Labute approximate surface area is 102 Å². The van der Waals surface area contributed by atoms with Gasteiger partial charge < -0.3 is 10.6 Å². The number of halogens is 1. The zero-order chi connectivity index (χ0) is 11.3. The number of nitrogens with zero attached hydrogens (tertiary/aromatic N) is 2. The maximum atomic E-state index is 6.21. The summed E-state index contributed by atoms with van der Waals surface area (Å²) in [7, 11) is 2.06. The Kier molecular flexibility index (Phi) is 2.07. The summed E-state index contributed by atoms with van der Waals surface area (Å²) in [5, 5.41) is 1.04. The van der Waals surface area contributed by atoms with Crippen molar-refractivity contribution in [3.63, 3.8) is 0 Å². The molecule has 3 rings (SSSR count). The molecule has 0 amide bonds. The van der Waals surface area contributed by atoms with E-state index in [1.807, 2.05) is 18.2 Å². The van der Waals surface area contributed by atoms with Gasteiger partial charge in [0.1, 0.15) is 5.82 Å². The zero-order valence-corrected chi connectivity index (χ0v) is 10.6. The highest BCUT2D eigenvalue weighted by Gasteiger charge is 2.21. The third kappa shape index (κ3) is 1.29. The lowest BCUT2D eigenvalue weighted by atomic mass is 10.1. The van der Waals surface area contributed by atoms with Gasteiger partial charge in [-0.1, -0.05) is 15.9 Å². The van der Waals surface area contributed by atoms with Crippen molar-refractivity contribution in [2.24, 2.45) is 0 Å². The average Bonchev–Trinajstić information content (AvgIpc) is 2.63. The summed E-state index contributed by atoms with van der Waals surface area (Å²) < 4.78 is 1.04. The molecule has 0 saturated heterocycles. The highest BCUT2D eigenvalue weighted by atomic mass is 79.9. The minimum Gasteiger partial charge on any atom is -0.398 e. The smallest absolute Gasteiger partial charge is 0.134 e. The van der Waals surface area contributed by atoms with Crippen LogP contribution in [0.1, 0.15) is 5.56 Å². The molecule has 0 fully saturated rings. The van der Waals surface area contributed by atoms with E-state index in [2.05, 4.69) is 32.9 Å². The fourth-order valence-corrected chi connectivity index (χ4v) is 2.59. The fourth-order valence-electron chi connectivity index (χ4n) is 2.23. The molecule has 1 aromatic heterocycles. The van der Waals surface area contributed by atoms with Crippen LogP contribution < -0.4 is 10.6 Å². The topological polar surface area (TPSA) is 42.2 Å². The third-order valence-electron chi connectivity index (χ3n) is 3.13. The van der Waals surface area contributed by atoms with Gasteiger partial charge in [0.15, 0.2) is 0 Å². The lowest BCUT2D eigenvalue weighted by Gasteiger charge is -2.13. The van der Waals surface area contributed by atoms with E-state index in [0.717, 1.165) is 39.8 Å². The van der Waals surface area contributed by atoms with Crippen molar-refractivity contribution in [1.29, 1.82) is 0 Å². The van der Waals surface area contributed by atoms with Crippen LogP contribution in [-0.2, 0) is 6.42 Å². The molecule has 82 valence electrons. The summed E-state index contributed by atoms with van der Waals surface area (Å²) in [5.74, 6) is 1.03. The molecule has 0 unspecified atom stereocenters. The Bertz CT molecular complexity index is 580.